The lowest BCUT2D eigenvalue weighted by Gasteiger charge is -2.22. The summed E-state index contributed by atoms with van der Waals surface area (Å²) < 4.78 is 9.28. The van der Waals surface area contributed by atoms with Crippen molar-refractivity contribution in [2.24, 2.45) is 0 Å². The Hall–Kier alpha value is -1.75. The molecule has 1 aromatic rings. The topological polar surface area (TPSA) is 64.6 Å². The monoisotopic (exact) mass is 299 g/mol. The van der Waals surface area contributed by atoms with E-state index in [0.717, 1.165) is 5.56 Å². The van der Waals surface area contributed by atoms with Crippen molar-refractivity contribution in [1.29, 1.82) is 0 Å². The number of ether oxygens (including phenoxy) is 1. The molecule has 0 bridgehead atoms. The van der Waals surface area contributed by atoms with E-state index < -0.39 is 23.7 Å². The molecule has 0 saturated heterocycles. The van der Waals surface area contributed by atoms with Crippen LogP contribution in [0.2, 0.25) is 0 Å². The highest BCUT2D eigenvalue weighted by atomic mass is 35.5. The Morgan fingerprint density at radius 3 is 2.35 bits per heavy atom. The van der Waals surface area contributed by atoms with Gasteiger partial charge in [-0.3, -0.25) is 0 Å². The molecular weight excluding hydrogens is 282 g/mol. The molecule has 1 amide bonds. The van der Waals surface area contributed by atoms with Crippen LogP contribution < -0.4 is 5.32 Å². The average Bonchev–Trinajstić information content (AvgIpc) is 2.36. The largest absolute Gasteiger partial charge is 0.444 e. The maximum absolute atomic E-state index is 11.7. The second-order valence-corrected chi connectivity index (χ2v) is 5.44. The van der Waals surface area contributed by atoms with E-state index in [9.17, 15) is 9.59 Å². The van der Waals surface area contributed by atoms with Gasteiger partial charge < -0.3 is 14.3 Å². The molecule has 0 spiro atoms. The third-order valence-electron chi connectivity index (χ3n) is 2.33. The van der Waals surface area contributed by atoms with E-state index in [0.29, 0.717) is 0 Å². The van der Waals surface area contributed by atoms with E-state index in [1.165, 1.54) is 0 Å². The molecule has 0 aliphatic rings. The molecule has 20 heavy (non-hydrogen) atoms. The number of carbonyl (C=O) groups excluding carboxylic acids is 2. The van der Waals surface area contributed by atoms with Crippen LogP contribution in [0.25, 0.3) is 0 Å². The van der Waals surface area contributed by atoms with Crippen LogP contribution in [0, 0.1) is 0 Å². The molecule has 0 aromatic heterocycles. The first kappa shape index (κ1) is 16.3. The van der Waals surface area contributed by atoms with Crippen molar-refractivity contribution in [2.45, 2.75) is 38.8 Å². The molecule has 0 fully saturated rings. The Balaban J connectivity index is 2.70. The van der Waals surface area contributed by atoms with Crippen molar-refractivity contribution in [3.05, 3.63) is 35.9 Å². The molecular formula is C14H18ClNO4. The van der Waals surface area contributed by atoms with Crippen LogP contribution >= 0.6 is 11.9 Å². The number of hydrogen-bond donors (Lipinski definition) is 1. The van der Waals surface area contributed by atoms with Gasteiger partial charge in [-0.05, 0) is 26.3 Å². The zero-order chi connectivity index (χ0) is 15.2. The molecule has 0 heterocycles. The van der Waals surface area contributed by atoms with Crippen LogP contribution in [-0.4, -0.2) is 23.7 Å². The van der Waals surface area contributed by atoms with Crippen LogP contribution in [0.15, 0.2) is 30.3 Å². The maximum atomic E-state index is 11.7. The van der Waals surface area contributed by atoms with E-state index >= 15 is 0 Å². The van der Waals surface area contributed by atoms with E-state index in [1.54, 1.807) is 20.8 Å². The minimum Gasteiger partial charge on any atom is -0.444 e. The lowest BCUT2D eigenvalue weighted by molar-refractivity contribution is -0.136. The van der Waals surface area contributed by atoms with Crippen molar-refractivity contribution in [2.75, 3.05) is 0 Å². The Morgan fingerprint density at radius 1 is 1.25 bits per heavy atom. The van der Waals surface area contributed by atoms with Gasteiger partial charge in [-0.1, -0.05) is 30.3 Å². The lowest BCUT2D eigenvalue weighted by atomic mass is 10.1. The van der Waals surface area contributed by atoms with Crippen molar-refractivity contribution in [3.8, 4) is 0 Å². The summed E-state index contributed by atoms with van der Waals surface area (Å²) in [5.41, 5.74) is 0.224. The Bertz CT molecular complexity index is 456. The summed E-state index contributed by atoms with van der Waals surface area (Å²) in [5.74, 6) is -0.735. The smallest absolute Gasteiger partial charge is 0.408 e. The summed E-state index contributed by atoms with van der Waals surface area (Å²) in [4.78, 5) is 23.3. The van der Waals surface area contributed by atoms with Gasteiger partial charge in [0.25, 0.3) is 0 Å². The molecule has 0 saturated carbocycles. The minimum atomic E-state index is -0.898. The van der Waals surface area contributed by atoms with E-state index in [1.807, 2.05) is 30.3 Å². The van der Waals surface area contributed by atoms with Gasteiger partial charge in [0.1, 0.15) is 23.5 Å². The fourth-order valence-corrected chi connectivity index (χ4v) is 1.65. The molecule has 1 N–H and O–H groups in total. The first-order valence-electron chi connectivity index (χ1n) is 6.17. The highest BCUT2D eigenvalue weighted by molar-refractivity contribution is 6.13. The van der Waals surface area contributed by atoms with Gasteiger partial charge in [0.15, 0.2) is 0 Å². The number of alkyl carbamates (subject to hydrolysis) is 1. The predicted molar refractivity (Wildman–Crippen MR) is 75.2 cm³/mol. The Kier molecular flexibility index (Phi) is 5.82. The normalized spacial score (nSPS) is 12.4. The molecule has 1 rings (SSSR count). The molecule has 0 unspecified atom stereocenters. The zero-order valence-electron chi connectivity index (χ0n) is 11.7. The van der Waals surface area contributed by atoms with Gasteiger partial charge in [-0.2, -0.15) is 0 Å². The van der Waals surface area contributed by atoms with Gasteiger partial charge in [-0.15, -0.1) is 0 Å². The number of amides is 1. The highest BCUT2D eigenvalue weighted by Gasteiger charge is 2.25. The third kappa shape index (κ3) is 5.93. The standard InChI is InChI=1S/C14H18ClNO4/c1-14(2,3)19-13(18)16-11(12(17)20-15)9-10-7-5-4-6-8-10/h4-8,11H,9H2,1-3H3,(H,16,18)/t11-/m1/s1. The van der Waals surface area contributed by atoms with Gasteiger partial charge in [0.05, 0.1) is 0 Å². The lowest BCUT2D eigenvalue weighted by Crippen LogP contribution is -2.44. The second kappa shape index (κ2) is 7.14. The van der Waals surface area contributed by atoms with Crippen LogP contribution in [0.3, 0.4) is 0 Å². The van der Waals surface area contributed by atoms with Crippen LogP contribution in [0.5, 0.6) is 0 Å². The summed E-state index contributed by atoms with van der Waals surface area (Å²) in [7, 11) is 0. The Labute approximate surface area is 123 Å². The van der Waals surface area contributed by atoms with Gasteiger partial charge in [-0.25, -0.2) is 9.59 Å². The molecule has 0 aliphatic heterocycles. The van der Waals surface area contributed by atoms with E-state index in [2.05, 4.69) is 9.61 Å². The number of hydrogen-bond acceptors (Lipinski definition) is 4. The molecule has 5 nitrogen and oxygen atoms in total. The van der Waals surface area contributed by atoms with Crippen LogP contribution in [0.4, 0.5) is 4.79 Å². The summed E-state index contributed by atoms with van der Waals surface area (Å²) in [5, 5.41) is 2.45. The first-order chi connectivity index (χ1) is 9.31. The number of benzene rings is 1. The molecule has 1 aromatic carbocycles. The molecule has 0 aliphatic carbocycles. The number of rotatable bonds is 4. The first-order valence-corrected chi connectivity index (χ1v) is 6.48. The van der Waals surface area contributed by atoms with Crippen molar-refractivity contribution >= 4 is 23.9 Å². The van der Waals surface area contributed by atoms with Gasteiger partial charge >= 0.3 is 12.1 Å². The molecule has 0 radical (unpaired) electrons. The molecule has 110 valence electrons. The van der Waals surface area contributed by atoms with Gasteiger partial charge in [0, 0.05) is 6.42 Å². The van der Waals surface area contributed by atoms with Crippen LogP contribution in [0.1, 0.15) is 26.3 Å². The number of halogens is 1. The SMILES string of the molecule is CC(C)(C)OC(=O)N[C@H](Cc1ccccc1)C(=O)OCl. The average molecular weight is 300 g/mol. The number of nitrogens with one attached hydrogen (secondary N) is 1. The summed E-state index contributed by atoms with van der Waals surface area (Å²) in [6, 6.07) is 8.32. The van der Waals surface area contributed by atoms with Crippen molar-refractivity contribution in [1.82, 2.24) is 5.32 Å². The van der Waals surface area contributed by atoms with Gasteiger partial charge in [0.2, 0.25) is 0 Å². The number of carbonyl (C=O) groups is 2. The fraction of sp³-hybridized carbons (Fsp3) is 0.429. The van der Waals surface area contributed by atoms with E-state index in [4.69, 9.17) is 16.6 Å². The Morgan fingerprint density at radius 2 is 1.85 bits per heavy atom. The van der Waals surface area contributed by atoms with Crippen molar-refractivity contribution < 1.29 is 18.6 Å². The van der Waals surface area contributed by atoms with Crippen LogP contribution in [-0.2, 0) is 20.2 Å². The predicted octanol–water partition coefficient (Wildman–Crippen LogP) is 2.82. The molecule has 6 heteroatoms. The third-order valence-corrected chi connectivity index (χ3v) is 2.49. The second-order valence-electron chi connectivity index (χ2n) is 5.28. The fourth-order valence-electron chi connectivity index (χ4n) is 1.55. The zero-order valence-corrected chi connectivity index (χ0v) is 12.4. The summed E-state index contributed by atoms with van der Waals surface area (Å²) >= 11 is 5.09. The van der Waals surface area contributed by atoms with E-state index in [-0.39, 0.29) is 6.42 Å². The minimum absolute atomic E-state index is 0.269. The quantitative estimate of drug-likeness (QED) is 0.928. The summed E-state index contributed by atoms with van der Waals surface area (Å²) in [6.07, 6.45) is -0.425. The summed E-state index contributed by atoms with van der Waals surface area (Å²) in [6.45, 7) is 5.20. The maximum Gasteiger partial charge on any atom is 0.408 e. The van der Waals surface area contributed by atoms with Crippen molar-refractivity contribution in [3.63, 3.8) is 0 Å². The molecule has 1 atom stereocenters. The highest BCUT2D eigenvalue weighted by Crippen LogP contribution is 2.09.